The van der Waals surface area contributed by atoms with Gasteiger partial charge in [-0.1, -0.05) is 45.5 Å². The maximum Gasteiger partial charge on any atom is 0.270 e. The third kappa shape index (κ3) is 5.33. The van der Waals surface area contributed by atoms with E-state index in [1.807, 2.05) is 6.92 Å². The smallest absolute Gasteiger partial charge is 0.270 e. The number of hydrogen-bond acceptors (Lipinski definition) is 6. The van der Waals surface area contributed by atoms with Gasteiger partial charge in [0.15, 0.2) is 0 Å². The van der Waals surface area contributed by atoms with E-state index in [1.165, 1.54) is 0 Å². The molecule has 21 heavy (non-hydrogen) atoms. The van der Waals surface area contributed by atoms with Crippen molar-refractivity contribution in [2.45, 2.75) is 57.8 Å². The van der Waals surface area contributed by atoms with Crippen molar-refractivity contribution in [3.63, 3.8) is 0 Å². The molecular weight excluding hydrogens is 312 g/mol. The Morgan fingerprint density at radius 2 is 1.95 bits per heavy atom. The molecule has 0 aliphatic rings. The highest BCUT2D eigenvalue weighted by atomic mass is 32.2. The van der Waals surface area contributed by atoms with Crippen LogP contribution in [0.2, 0.25) is 0 Å². The molecule has 0 radical (unpaired) electrons. The molecule has 1 heterocycles. The minimum absolute atomic E-state index is 0.144. The van der Waals surface area contributed by atoms with Gasteiger partial charge in [0.05, 0.1) is 0 Å². The molecule has 2 N–H and O–H groups in total. The molecule has 0 fully saturated rings. The van der Waals surface area contributed by atoms with Crippen LogP contribution in [-0.4, -0.2) is 30.6 Å². The molecule has 1 atom stereocenters. The van der Waals surface area contributed by atoms with Crippen molar-refractivity contribution >= 4 is 32.4 Å². The molecule has 0 saturated carbocycles. The summed E-state index contributed by atoms with van der Waals surface area (Å²) in [6.07, 6.45) is 1.62. The Labute approximate surface area is 129 Å². The summed E-state index contributed by atoms with van der Waals surface area (Å²) in [5.74, 6) is -0.241. The van der Waals surface area contributed by atoms with Gasteiger partial charge in [-0.15, -0.1) is 10.2 Å². The van der Waals surface area contributed by atoms with E-state index in [9.17, 15) is 13.2 Å². The molecule has 0 saturated heterocycles. The van der Waals surface area contributed by atoms with E-state index in [-0.39, 0.29) is 21.4 Å². The molecule has 0 spiro atoms. The number of rotatable bonds is 6. The maximum atomic E-state index is 12.1. The van der Waals surface area contributed by atoms with Crippen LogP contribution in [0.15, 0.2) is 4.34 Å². The van der Waals surface area contributed by atoms with Gasteiger partial charge in [-0.25, -0.2) is 13.1 Å². The molecule has 0 bridgehead atoms. The first-order valence-electron chi connectivity index (χ1n) is 6.73. The fourth-order valence-electron chi connectivity index (χ4n) is 1.46. The average Bonchev–Trinajstić information content (AvgIpc) is 2.76. The normalized spacial score (nSPS) is 14.0. The lowest BCUT2D eigenvalue weighted by molar-refractivity contribution is -0.123. The summed E-state index contributed by atoms with van der Waals surface area (Å²) in [5.41, 5.74) is -0.585. The van der Waals surface area contributed by atoms with Gasteiger partial charge in [0.2, 0.25) is 15.4 Å². The predicted octanol–water partition coefficient (Wildman–Crippen LogP) is 1.99. The zero-order valence-electron chi connectivity index (χ0n) is 12.9. The van der Waals surface area contributed by atoms with E-state index >= 15 is 0 Å². The highest BCUT2D eigenvalue weighted by Crippen LogP contribution is 2.23. The Morgan fingerprint density at radius 3 is 2.48 bits per heavy atom. The summed E-state index contributed by atoms with van der Waals surface area (Å²) in [7, 11) is -3.69. The Kier molecular flexibility index (Phi) is 5.83. The Morgan fingerprint density at radius 1 is 1.33 bits per heavy atom. The minimum Gasteiger partial charge on any atom is -0.300 e. The van der Waals surface area contributed by atoms with Gasteiger partial charge in [0, 0.05) is 11.5 Å². The second-order valence-electron chi connectivity index (χ2n) is 5.89. The third-order valence-electron chi connectivity index (χ3n) is 2.62. The zero-order valence-corrected chi connectivity index (χ0v) is 14.6. The number of nitrogens with one attached hydrogen (secondary N) is 2. The van der Waals surface area contributed by atoms with Gasteiger partial charge in [-0.2, -0.15) is 0 Å². The summed E-state index contributed by atoms with van der Waals surface area (Å²) in [6, 6.07) is -0.170. The number of carbonyl (C=O) groups excluding carboxylic acids is 1. The van der Waals surface area contributed by atoms with E-state index in [0.717, 1.165) is 24.2 Å². The average molecular weight is 334 g/mol. The Hall–Kier alpha value is -1.06. The first-order valence-corrected chi connectivity index (χ1v) is 9.03. The Balaban J connectivity index is 2.81. The van der Waals surface area contributed by atoms with Gasteiger partial charge in [0.1, 0.15) is 0 Å². The zero-order chi connectivity index (χ0) is 16.3. The predicted molar refractivity (Wildman–Crippen MR) is 82.7 cm³/mol. The van der Waals surface area contributed by atoms with Crippen LogP contribution >= 0.6 is 11.3 Å². The second-order valence-corrected chi connectivity index (χ2v) is 8.75. The second kappa shape index (κ2) is 6.80. The molecule has 0 aromatic carbocycles. The fourth-order valence-corrected chi connectivity index (χ4v) is 3.65. The van der Waals surface area contributed by atoms with Gasteiger partial charge in [0.25, 0.3) is 10.0 Å². The monoisotopic (exact) mass is 334 g/mol. The van der Waals surface area contributed by atoms with Gasteiger partial charge < -0.3 is 5.32 Å². The molecule has 120 valence electrons. The number of amides is 1. The molecular formula is C12H22N4O3S2. The lowest BCUT2D eigenvalue weighted by atomic mass is 9.96. The first kappa shape index (κ1) is 18.0. The van der Waals surface area contributed by atoms with Crippen molar-refractivity contribution in [2.24, 2.45) is 5.41 Å². The summed E-state index contributed by atoms with van der Waals surface area (Å²) in [5, 5.41) is 10.1. The lowest BCUT2D eigenvalue weighted by Crippen LogP contribution is -2.32. The van der Waals surface area contributed by atoms with E-state index in [4.69, 9.17) is 0 Å². The number of hydrogen-bond donors (Lipinski definition) is 2. The van der Waals surface area contributed by atoms with Crippen LogP contribution in [0.4, 0.5) is 5.13 Å². The van der Waals surface area contributed by atoms with Crippen LogP contribution in [0.3, 0.4) is 0 Å². The standard InChI is InChI=1S/C12H22N4O3S2/c1-6-7-8(2)16-21(18,19)11-15-14-10(20-11)13-9(17)12(3,4)5/h8,16H,6-7H2,1-5H3,(H,13,14,17)/t8-/m1/s1. The number of sulfonamides is 1. The number of anilines is 1. The molecule has 1 aromatic heterocycles. The Bertz CT molecular complexity index is 590. The molecule has 7 nitrogen and oxygen atoms in total. The molecule has 0 aliphatic carbocycles. The molecule has 1 amide bonds. The summed E-state index contributed by atoms with van der Waals surface area (Å²) in [6.45, 7) is 9.05. The van der Waals surface area contributed by atoms with Crippen LogP contribution in [0.25, 0.3) is 0 Å². The number of nitrogens with zero attached hydrogens (tertiary/aromatic N) is 2. The highest BCUT2D eigenvalue weighted by Gasteiger charge is 2.25. The molecule has 1 rings (SSSR count). The van der Waals surface area contributed by atoms with Crippen LogP contribution in [0, 0.1) is 5.41 Å². The fraction of sp³-hybridized carbons (Fsp3) is 0.750. The maximum absolute atomic E-state index is 12.1. The SMILES string of the molecule is CCC[C@@H](C)NS(=O)(=O)c1nnc(NC(=O)C(C)(C)C)s1. The van der Waals surface area contributed by atoms with Crippen LogP contribution in [0.5, 0.6) is 0 Å². The summed E-state index contributed by atoms with van der Waals surface area (Å²) >= 11 is 0.840. The van der Waals surface area contributed by atoms with E-state index in [2.05, 4.69) is 20.2 Å². The van der Waals surface area contributed by atoms with Crippen molar-refractivity contribution in [1.29, 1.82) is 0 Å². The topological polar surface area (TPSA) is 101 Å². The van der Waals surface area contributed by atoms with Gasteiger partial charge >= 0.3 is 0 Å². The van der Waals surface area contributed by atoms with Crippen molar-refractivity contribution in [3.05, 3.63) is 0 Å². The molecule has 0 aliphatic heterocycles. The van der Waals surface area contributed by atoms with E-state index in [0.29, 0.717) is 0 Å². The highest BCUT2D eigenvalue weighted by molar-refractivity contribution is 7.91. The minimum atomic E-state index is -3.69. The van der Waals surface area contributed by atoms with Crippen molar-refractivity contribution < 1.29 is 13.2 Å². The van der Waals surface area contributed by atoms with E-state index in [1.54, 1.807) is 27.7 Å². The summed E-state index contributed by atoms with van der Waals surface area (Å²) < 4.78 is 26.6. The quantitative estimate of drug-likeness (QED) is 0.775. The largest absolute Gasteiger partial charge is 0.300 e. The number of aromatic nitrogens is 2. The van der Waals surface area contributed by atoms with Crippen molar-refractivity contribution in [3.8, 4) is 0 Å². The van der Waals surface area contributed by atoms with Crippen LogP contribution in [0.1, 0.15) is 47.5 Å². The van der Waals surface area contributed by atoms with Crippen LogP contribution < -0.4 is 10.0 Å². The first-order chi connectivity index (χ1) is 9.56. The molecule has 9 heteroatoms. The van der Waals surface area contributed by atoms with Crippen LogP contribution in [-0.2, 0) is 14.8 Å². The lowest BCUT2D eigenvalue weighted by Gasteiger charge is -2.15. The van der Waals surface area contributed by atoms with Crippen molar-refractivity contribution in [1.82, 2.24) is 14.9 Å². The van der Waals surface area contributed by atoms with E-state index < -0.39 is 15.4 Å². The molecule has 0 unspecified atom stereocenters. The number of carbonyl (C=O) groups is 1. The molecule has 1 aromatic rings. The van der Waals surface area contributed by atoms with Gasteiger partial charge in [-0.3, -0.25) is 4.79 Å². The summed E-state index contributed by atoms with van der Waals surface area (Å²) in [4.78, 5) is 11.8. The van der Waals surface area contributed by atoms with Gasteiger partial charge in [-0.05, 0) is 13.3 Å². The third-order valence-corrected chi connectivity index (χ3v) is 5.41. The van der Waals surface area contributed by atoms with Crippen molar-refractivity contribution in [2.75, 3.05) is 5.32 Å².